The molecule has 0 N–H and O–H groups in total. The zero-order valence-electron chi connectivity index (χ0n) is 9.72. The van der Waals surface area contributed by atoms with E-state index in [4.69, 9.17) is 0 Å². The third-order valence-electron chi connectivity index (χ3n) is 2.36. The first-order chi connectivity index (χ1) is 9.40. The van der Waals surface area contributed by atoms with Gasteiger partial charge in [-0.2, -0.15) is 18.2 Å². The quantitative estimate of drug-likeness (QED) is 0.871. The maximum Gasteiger partial charge on any atom is 0.471 e. The van der Waals surface area contributed by atoms with Crippen LogP contribution < -0.4 is 0 Å². The van der Waals surface area contributed by atoms with Gasteiger partial charge >= 0.3 is 12.1 Å². The van der Waals surface area contributed by atoms with Crippen LogP contribution in [0.1, 0.15) is 27.6 Å². The maximum absolute atomic E-state index is 12.3. The van der Waals surface area contributed by atoms with Crippen LogP contribution in [0.25, 0.3) is 0 Å². The zero-order valence-corrected chi connectivity index (χ0v) is 10.5. The average Bonchev–Trinajstić information content (AvgIpc) is 2.87. The highest BCUT2D eigenvalue weighted by molar-refractivity contribution is 7.47. The van der Waals surface area contributed by atoms with Crippen LogP contribution in [0.15, 0.2) is 33.2 Å². The van der Waals surface area contributed by atoms with Crippen LogP contribution in [-0.4, -0.2) is 16.0 Å². The molecule has 9 heteroatoms. The van der Waals surface area contributed by atoms with Gasteiger partial charge in [0.15, 0.2) is 5.82 Å². The fraction of sp³-hybridized carbons (Fsp3) is 0.182. The summed E-state index contributed by atoms with van der Waals surface area (Å²) in [5, 5.41) is 3.24. The topological polar surface area (TPSA) is 68.3 Å². The van der Waals surface area contributed by atoms with Crippen LogP contribution in [0.5, 0.6) is 0 Å². The monoisotopic (exact) mass is 301 g/mol. The summed E-state index contributed by atoms with van der Waals surface area (Å²) in [6.07, 6.45) is -4.61. The molecule has 0 fully saturated rings. The minimum absolute atomic E-state index is 0.0546. The molecule has 0 bridgehead atoms. The van der Waals surface area contributed by atoms with E-state index in [0.717, 1.165) is 0 Å². The van der Waals surface area contributed by atoms with Crippen molar-refractivity contribution in [1.82, 2.24) is 10.1 Å². The average molecular weight is 301 g/mol. The van der Waals surface area contributed by atoms with Crippen molar-refractivity contribution in [2.75, 3.05) is 0 Å². The van der Waals surface area contributed by atoms with Crippen molar-refractivity contribution in [3.8, 4) is 0 Å². The number of hydrogen-bond donors (Lipinski definition) is 0. The maximum atomic E-state index is 12.3. The second-order valence-corrected chi connectivity index (χ2v) is 3.97. The zero-order chi connectivity index (χ0) is 14.8. The number of hydrogen-bond acceptors (Lipinski definition) is 5. The van der Waals surface area contributed by atoms with Gasteiger partial charge in [-0.1, -0.05) is 17.3 Å². The summed E-state index contributed by atoms with van der Waals surface area (Å²) in [5.74, 6) is -2.03. The van der Waals surface area contributed by atoms with E-state index in [1.807, 2.05) is 0 Å². The third-order valence-corrected chi connectivity index (χ3v) is 2.52. The molecule has 0 atom stereocenters. The normalized spacial score (nSPS) is 11.3. The van der Waals surface area contributed by atoms with Crippen molar-refractivity contribution >= 4 is 18.3 Å². The van der Waals surface area contributed by atoms with Crippen molar-refractivity contribution in [2.24, 2.45) is 4.36 Å². The van der Waals surface area contributed by atoms with E-state index < -0.39 is 18.0 Å². The van der Waals surface area contributed by atoms with Gasteiger partial charge in [-0.05, 0) is 17.7 Å². The van der Waals surface area contributed by atoms with Gasteiger partial charge in [0, 0.05) is 24.4 Å². The summed E-state index contributed by atoms with van der Waals surface area (Å²) in [7, 11) is 0. The number of rotatable bonds is 3. The van der Waals surface area contributed by atoms with E-state index in [0.29, 0.717) is 11.1 Å². The lowest BCUT2D eigenvalue weighted by Gasteiger charge is -1.98. The van der Waals surface area contributed by atoms with E-state index in [1.165, 1.54) is 12.1 Å². The Morgan fingerprint density at radius 1 is 1.30 bits per heavy atom. The summed E-state index contributed by atoms with van der Waals surface area (Å²) in [5.41, 5.74) is 0.924. The molecule has 0 saturated carbocycles. The number of nitrogens with zero attached hydrogens (tertiary/aromatic N) is 3. The lowest BCUT2D eigenvalue weighted by Crippen LogP contribution is -2.05. The first-order valence-corrected chi connectivity index (χ1v) is 5.63. The van der Waals surface area contributed by atoms with E-state index in [2.05, 4.69) is 31.5 Å². The fourth-order valence-electron chi connectivity index (χ4n) is 1.44. The minimum atomic E-state index is -4.66. The Morgan fingerprint density at radius 2 is 1.95 bits per heavy atom. The van der Waals surface area contributed by atoms with Gasteiger partial charge in [-0.25, -0.2) is 0 Å². The van der Waals surface area contributed by atoms with Crippen LogP contribution in [-0.2, 0) is 25.0 Å². The third kappa shape index (κ3) is 3.23. The Labute approximate surface area is 116 Å². The molecular formula is C11H6F3N3O2S. The lowest BCUT2D eigenvalue weighted by molar-refractivity contribution is -0.159. The predicted octanol–water partition coefficient (Wildman–Crippen LogP) is 2.55. The number of benzene rings is 1. The SMILES string of the molecule is O=C(N=S)c1ccc(Cc2noc(C(F)(F)F)n2)cc1. The molecule has 0 radical (unpaired) electrons. The van der Waals surface area contributed by atoms with Gasteiger partial charge in [0.1, 0.15) is 0 Å². The van der Waals surface area contributed by atoms with Gasteiger partial charge in [0.2, 0.25) is 0 Å². The van der Waals surface area contributed by atoms with Gasteiger partial charge in [0.05, 0.1) is 0 Å². The fourth-order valence-corrected chi connectivity index (χ4v) is 1.55. The molecule has 5 nitrogen and oxygen atoms in total. The number of amides is 1. The predicted molar refractivity (Wildman–Crippen MR) is 62.7 cm³/mol. The highest BCUT2D eigenvalue weighted by atomic mass is 32.1. The second-order valence-electron chi connectivity index (χ2n) is 3.78. The Hall–Kier alpha value is -2.16. The molecule has 0 aliphatic carbocycles. The molecule has 104 valence electrons. The summed E-state index contributed by atoms with van der Waals surface area (Å²) in [6.45, 7) is 0. The van der Waals surface area contributed by atoms with Gasteiger partial charge < -0.3 is 4.52 Å². The summed E-state index contributed by atoms with van der Waals surface area (Å²) in [6, 6.07) is 6.05. The molecule has 2 rings (SSSR count). The van der Waals surface area contributed by atoms with Gasteiger partial charge in [-0.15, -0.1) is 4.36 Å². The Kier molecular flexibility index (Phi) is 3.89. The lowest BCUT2D eigenvalue weighted by atomic mass is 10.1. The highest BCUT2D eigenvalue weighted by Gasteiger charge is 2.38. The molecule has 0 aliphatic heterocycles. The molecular weight excluding hydrogens is 295 g/mol. The van der Waals surface area contributed by atoms with Gasteiger partial charge in [-0.3, -0.25) is 4.79 Å². The van der Waals surface area contributed by atoms with Crippen molar-refractivity contribution in [2.45, 2.75) is 12.6 Å². The summed E-state index contributed by atoms with van der Waals surface area (Å²) < 4.78 is 44.0. The first-order valence-electron chi connectivity index (χ1n) is 5.26. The standard InChI is InChI=1S/C11H6F3N3O2S/c12-11(13,14)10-15-8(16-19-10)5-6-1-3-7(4-2-6)9(18)17-20/h1-4H,5H2. The molecule has 1 amide bonds. The molecule has 1 heterocycles. The van der Waals surface area contributed by atoms with Crippen LogP contribution in [0.4, 0.5) is 13.2 Å². The first kappa shape index (κ1) is 14.3. The van der Waals surface area contributed by atoms with Crippen molar-refractivity contribution in [1.29, 1.82) is 0 Å². The van der Waals surface area contributed by atoms with Crippen LogP contribution in [0, 0.1) is 0 Å². The number of aromatic nitrogens is 2. The molecule has 0 saturated heterocycles. The molecule has 0 spiro atoms. The number of carbonyl (C=O) groups is 1. The second kappa shape index (κ2) is 5.45. The molecule has 20 heavy (non-hydrogen) atoms. The largest absolute Gasteiger partial charge is 0.471 e. The number of alkyl halides is 3. The number of halogens is 3. The van der Waals surface area contributed by atoms with E-state index in [9.17, 15) is 18.0 Å². The van der Waals surface area contributed by atoms with E-state index in [1.54, 1.807) is 12.1 Å². The van der Waals surface area contributed by atoms with Crippen molar-refractivity contribution < 1.29 is 22.5 Å². The van der Waals surface area contributed by atoms with E-state index >= 15 is 0 Å². The summed E-state index contributed by atoms with van der Waals surface area (Å²) >= 11 is 4.27. The van der Waals surface area contributed by atoms with E-state index in [-0.39, 0.29) is 12.2 Å². The molecule has 1 aromatic heterocycles. The van der Waals surface area contributed by atoms with Crippen molar-refractivity contribution in [3.63, 3.8) is 0 Å². The number of carbonyl (C=O) groups excluding carboxylic acids is 1. The minimum Gasteiger partial charge on any atom is -0.329 e. The van der Waals surface area contributed by atoms with Crippen LogP contribution >= 0.6 is 0 Å². The van der Waals surface area contributed by atoms with Gasteiger partial charge in [0.25, 0.3) is 5.91 Å². The summed E-state index contributed by atoms with van der Waals surface area (Å²) in [4.78, 5) is 14.4. The Morgan fingerprint density at radius 3 is 2.45 bits per heavy atom. The Bertz CT molecular complexity index is 637. The molecule has 0 aliphatic rings. The van der Waals surface area contributed by atoms with Crippen molar-refractivity contribution in [3.05, 3.63) is 47.1 Å². The molecule has 0 unspecified atom stereocenters. The van der Waals surface area contributed by atoms with Crippen LogP contribution in [0.2, 0.25) is 0 Å². The molecule has 1 aromatic carbocycles. The van der Waals surface area contributed by atoms with Crippen LogP contribution in [0.3, 0.4) is 0 Å². The molecule has 2 aromatic rings. The smallest absolute Gasteiger partial charge is 0.329 e. The highest BCUT2D eigenvalue weighted by Crippen LogP contribution is 2.27. The Balaban J connectivity index is 2.12.